The molecule has 0 radical (unpaired) electrons. The highest BCUT2D eigenvalue weighted by atomic mass is 16.5. The van der Waals surface area contributed by atoms with Gasteiger partial charge in [0.1, 0.15) is 11.4 Å². The van der Waals surface area contributed by atoms with Crippen LogP contribution in [0.5, 0.6) is 5.75 Å². The van der Waals surface area contributed by atoms with Gasteiger partial charge in [-0.2, -0.15) is 0 Å². The summed E-state index contributed by atoms with van der Waals surface area (Å²) in [7, 11) is 1.59. The molecule has 0 amide bonds. The van der Waals surface area contributed by atoms with Gasteiger partial charge in [-0.05, 0) is 24.6 Å². The number of carbonyl (C=O) groups is 1. The highest BCUT2D eigenvalue weighted by Gasteiger charge is 2.09. The number of carboxylic acid groups (broad SMARTS) is 1. The lowest BCUT2D eigenvalue weighted by molar-refractivity contribution is -0.136. The number of carboxylic acids is 1. The van der Waals surface area contributed by atoms with Crippen molar-refractivity contribution in [3.63, 3.8) is 0 Å². The van der Waals surface area contributed by atoms with E-state index in [0.717, 1.165) is 11.3 Å². The Hall–Kier alpha value is -2.37. The minimum Gasteiger partial charge on any atom is -0.494 e. The van der Waals surface area contributed by atoms with Crippen molar-refractivity contribution in [3.05, 3.63) is 35.7 Å². The van der Waals surface area contributed by atoms with Crippen LogP contribution in [0.3, 0.4) is 0 Å². The van der Waals surface area contributed by atoms with Crippen molar-refractivity contribution in [1.29, 1.82) is 0 Å². The lowest BCUT2D eigenvalue weighted by Gasteiger charge is -2.08. The normalized spacial score (nSPS) is 10.4. The molecule has 0 unspecified atom stereocenters. The van der Waals surface area contributed by atoms with Gasteiger partial charge in [0.15, 0.2) is 0 Å². The first-order valence-corrected chi connectivity index (χ1v) is 5.88. The van der Waals surface area contributed by atoms with E-state index >= 15 is 0 Å². The molecule has 0 saturated heterocycles. The predicted octanol–water partition coefficient (Wildman–Crippen LogP) is 1.60. The number of aromatic nitrogens is 3. The zero-order valence-corrected chi connectivity index (χ0v) is 10.8. The fourth-order valence-electron chi connectivity index (χ4n) is 1.74. The summed E-state index contributed by atoms with van der Waals surface area (Å²) in [5, 5.41) is 16.6. The van der Waals surface area contributed by atoms with Crippen LogP contribution in [0.4, 0.5) is 0 Å². The Balaban J connectivity index is 2.27. The molecule has 6 heteroatoms. The van der Waals surface area contributed by atoms with Gasteiger partial charge in [-0.1, -0.05) is 11.3 Å². The number of hydrogen-bond donors (Lipinski definition) is 1. The molecule has 100 valence electrons. The van der Waals surface area contributed by atoms with Gasteiger partial charge >= 0.3 is 5.97 Å². The number of rotatable bonds is 5. The third-order valence-electron chi connectivity index (χ3n) is 2.72. The van der Waals surface area contributed by atoms with Gasteiger partial charge in [-0.15, -0.1) is 5.10 Å². The largest absolute Gasteiger partial charge is 0.494 e. The zero-order chi connectivity index (χ0) is 13.8. The van der Waals surface area contributed by atoms with Gasteiger partial charge in [-0.25, -0.2) is 4.68 Å². The maximum atomic E-state index is 10.5. The molecule has 1 N–H and O–H groups in total. The van der Waals surface area contributed by atoms with E-state index in [1.807, 2.05) is 25.1 Å². The van der Waals surface area contributed by atoms with Crippen molar-refractivity contribution in [2.24, 2.45) is 0 Å². The first-order valence-electron chi connectivity index (χ1n) is 5.88. The Morgan fingerprint density at radius 3 is 2.95 bits per heavy atom. The van der Waals surface area contributed by atoms with Crippen molar-refractivity contribution in [3.8, 4) is 11.4 Å². The molecule has 0 atom stereocenters. The lowest BCUT2D eigenvalue weighted by Crippen LogP contribution is -1.99. The van der Waals surface area contributed by atoms with E-state index in [4.69, 9.17) is 9.84 Å². The maximum Gasteiger partial charge on any atom is 0.303 e. The molecule has 0 aliphatic rings. The molecule has 0 saturated carbocycles. The van der Waals surface area contributed by atoms with E-state index in [0.29, 0.717) is 17.9 Å². The van der Waals surface area contributed by atoms with Crippen LogP contribution in [0, 0.1) is 6.92 Å². The van der Waals surface area contributed by atoms with E-state index < -0.39 is 5.97 Å². The highest BCUT2D eigenvalue weighted by molar-refractivity contribution is 5.66. The molecule has 0 bridgehead atoms. The summed E-state index contributed by atoms with van der Waals surface area (Å²) in [6, 6.07) is 5.75. The third-order valence-corrected chi connectivity index (χ3v) is 2.72. The monoisotopic (exact) mass is 261 g/mol. The van der Waals surface area contributed by atoms with E-state index in [2.05, 4.69) is 10.3 Å². The Kier molecular flexibility index (Phi) is 3.79. The second-order valence-corrected chi connectivity index (χ2v) is 4.22. The Labute approximate surface area is 110 Å². The zero-order valence-electron chi connectivity index (χ0n) is 10.8. The van der Waals surface area contributed by atoms with Crippen LogP contribution in [0.1, 0.15) is 17.7 Å². The number of aryl methyl sites for hydroxylation is 2. The molecule has 2 rings (SSSR count). The predicted molar refractivity (Wildman–Crippen MR) is 68.6 cm³/mol. The molecule has 2 aromatic rings. The molecule has 1 aromatic carbocycles. The Morgan fingerprint density at radius 2 is 2.26 bits per heavy atom. The fraction of sp³-hybridized carbons (Fsp3) is 0.308. The number of hydrogen-bond acceptors (Lipinski definition) is 4. The van der Waals surface area contributed by atoms with Crippen molar-refractivity contribution >= 4 is 5.97 Å². The van der Waals surface area contributed by atoms with E-state index in [1.54, 1.807) is 18.0 Å². The molecule has 6 nitrogen and oxygen atoms in total. The quantitative estimate of drug-likeness (QED) is 0.884. The number of methoxy groups -OCH3 is 1. The van der Waals surface area contributed by atoms with Gasteiger partial charge in [0, 0.05) is 6.42 Å². The molecular formula is C13H15N3O3. The van der Waals surface area contributed by atoms with Crippen molar-refractivity contribution in [1.82, 2.24) is 15.0 Å². The highest BCUT2D eigenvalue weighted by Crippen LogP contribution is 2.23. The molecule has 0 aliphatic heterocycles. The smallest absolute Gasteiger partial charge is 0.303 e. The fourth-order valence-corrected chi connectivity index (χ4v) is 1.74. The summed E-state index contributed by atoms with van der Waals surface area (Å²) < 4.78 is 6.88. The van der Waals surface area contributed by atoms with Crippen molar-refractivity contribution < 1.29 is 14.6 Å². The molecule has 1 aromatic heterocycles. The SMILES string of the molecule is COc1ccc(C)cc1-n1cc(CCC(=O)O)nn1. The van der Waals surface area contributed by atoms with Crippen molar-refractivity contribution in [2.75, 3.05) is 7.11 Å². The van der Waals surface area contributed by atoms with Gasteiger partial charge in [-0.3, -0.25) is 4.79 Å². The van der Waals surface area contributed by atoms with Gasteiger partial charge in [0.05, 0.1) is 25.4 Å². The summed E-state index contributed by atoms with van der Waals surface area (Å²) >= 11 is 0. The third kappa shape index (κ3) is 3.09. The maximum absolute atomic E-state index is 10.5. The average molecular weight is 261 g/mol. The van der Waals surface area contributed by atoms with Crippen LogP contribution >= 0.6 is 0 Å². The molecule has 0 fully saturated rings. The van der Waals surface area contributed by atoms with Crippen molar-refractivity contribution in [2.45, 2.75) is 19.8 Å². The van der Waals surface area contributed by atoms with Crippen LogP contribution in [0.25, 0.3) is 5.69 Å². The Morgan fingerprint density at radius 1 is 1.47 bits per heavy atom. The molecule has 0 aliphatic carbocycles. The average Bonchev–Trinajstić information content (AvgIpc) is 2.85. The lowest BCUT2D eigenvalue weighted by atomic mass is 10.2. The van der Waals surface area contributed by atoms with Gasteiger partial charge in [0.25, 0.3) is 0 Å². The first kappa shape index (κ1) is 13.1. The summed E-state index contributed by atoms with van der Waals surface area (Å²) in [5.74, 6) is -0.150. The standard InChI is InChI=1S/C13H15N3O3/c1-9-3-5-12(19-2)11(7-9)16-8-10(14-15-16)4-6-13(17)18/h3,5,7-8H,4,6H2,1-2H3,(H,17,18). The number of nitrogens with zero attached hydrogens (tertiary/aromatic N) is 3. The van der Waals surface area contributed by atoms with E-state index in [1.165, 1.54) is 0 Å². The van der Waals surface area contributed by atoms with Gasteiger partial charge in [0.2, 0.25) is 0 Å². The summed E-state index contributed by atoms with van der Waals surface area (Å²) in [6.45, 7) is 1.98. The topological polar surface area (TPSA) is 77.2 Å². The van der Waals surface area contributed by atoms with E-state index in [9.17, 15) is 4.79 Å². The minimum absolute atomic E-state index is 0.0453. The van der Waals surface area contributed by atoms with Crippen LogP contribution in [-0.2, 0) is 11.2 Å². The van der Waals surface area contributed by atoms with Crippen LogP contribution in [0.2, 0.25) is 0 Å². The van der Waals surface area contributed by atoms with Crippen LogP contribution in [-0.4, -0.2) is 33.2 Å². The number of aliphatic carboxylic acids is 1. The van der Waals surface area contributed by atoms with Gasteiger partial charge < -0.3 is 9.84 Å². The summed E-state index contributed by atoms with van der Waals surface area (Å²) in [6.07, 6.45) is 2.13. The first-order chi connectivity index (χ1) is 9.10. The Bertz CT molecular complexity index is 593. The molecule has 19 heavy (non-hydrogen) atoms. The summed E-state index contributed by atoms with van der Waals surface area (Å²) in [5.41, 5.74) is 2.51. The minimum atomic E-state index is -0.845. The summed E-state index contributed by atoms with van der Waals surface area (Å²) in [4.78, 5) is 10.5. The number of benzene rings is 1. The second-order valence-electron chi connectivity index (χ2n) is 4.22. The van der Waals surface area contributed by atoms with Crippen LogP contribution < -0.4 is 4.74 Å². The van der Waals surface area contributed by atoms with E-state index in [-0.39, 0.29) is 6.42 Å². The second kappa shape index (κ2) is 5.51. The molecule has 1 heterocycles. The molecule has 0 spiro atoms. The number of ether oxygens (including phenoxy) is 1. The molecular weight excluding hydrogens is 246 g/mol. The van der Waals surface area contributed by atoms with Crippen LogP contribution in [0.15, 0.2) is 24.4 Å².